The third-order valence-electron chi connectivity index (χ3n) is 22.4. The molecule has 3 fully saturated rings. The number of hydrogen-bond acceptors (Lipinski definition) is 22. The highest BCUT2D eigenvalue weighted by molar-refractivity contribution is 5.98. The molecular weight excluding hydrogens is 1610 g/mol. The summed E-state index contributed by atoms with van der Waals surface area (Å²) >= 11 is 0. The van der Waals surface area contributed by atoms with Crippen molar-refractivity contribution in [2.75, 3.05) is 125 Å². The van der Waals surface area contributed by atoms with Crippen LogP contribution in [0.2, 0.25) is 0 Å². The molecule has 0 spiro atoms. The maximum absolute atomic E-state index is 13.2. The fraction of sp³-hybridized carbons (Fsp3) is 0.358. The number of halogens is 1. The van der Waals surface area contributed by atoms with Gasteiger partial charge in [0.25, 0.3) is 0 Å². The lowest BCUT2D eigenvalue weighted by molar-refractivity contribution is -0.119. The van der Waals surface area contributed by atoms with Crippen LogP contribution in [0, 0.1) is 17.7 Å². The van der Waals surface area contributed by atoms with Crippen molar-refractivity contribution in [2.24, 2.45) is 11.8 Å². The first-order valence-corrected chi connectivity index (χ1v) is 43.7. The van der Waals surface area contributed by atoms with E-state index >= 15 is 0 Å². The first-order chi connectivity index (χ1) is 61.8. The van der Waals surface area contributed by atoms with Crippen molar-refractivity contribution in [3.8, 4) is 108 Å². The summed E-state index contributed by atoms with van der Waals surface area (Å²) in [5.74, 6) is 9.10. The van der Waals surface area contributed by atoms with Gasteiger partial charge in [-0.3, -0.25) is 60.3 Å². The fourth-order valence-corrected chi connectivity index (χ4v) is 15.4. The molecule has 19 rings (SSSR count). The maximum Gasteiger partial charge on any atom is 0.217 e. The molecule has 0 bridgehead atoms. The minimum Gasteiger partial charge on any atom is -0.492 e. The number of ether oxygens (including phenoxy) is 5. The van der Waals surface area contributed by atoms with E-state index < -0.39 is 0 Å². The number of carbonyl (C=O) groups excluding carboxylic acids is 1. The van der Waals surface area contributed by atoms with Crippen molar-refractivity contribution in [1.29, 1.82) is 0 Å². The second-order valence-electron chi connectivity index (χ2n) is 33.8. The zero-order valence-electron chi connectivity index (χ0n) is 73.4. The van der Waals surface area contributed by atoms with E-state index in [9.17, 15) is 9.18 Å². The van der Waals surface area contributed by atoms with Crippen LogP contribution in [0.15, 0.2) is 170 Å². The van der Waals surface area contributed by atoms with Gasteiger partial charge in [-0.1, -0.05) is 91.8 Å². The molecule has 32 heteroatoms. The number of H-pyrrole nitrogens is 8. The van der Waals surface area contributed by atoms with Crippen LogP contribution in [0.3, 0.4) is 0 Å². The van der Waals surface area contributed by atoms with Gasteiger partial charge in [0, 0.05) is 163 Å². The number of benzene rings is 8. The van der Waals surface area contributed by atoms with E-state index in [0.717, 1.165) is 263 Å². The van der Waals surface area contributed by atoms with Crippen molar-refractivity contribution in [3.63, 3.8) is 0 Å². The Morgan fingerprint density at radius 2 is 0.740 bits per heavy atom. The highest BCUT2D eigenvalue weighted by atomic mass is 19.1. The number of piperazine rings is 1. The Balaban J connectivity index is 0.000000125. The second kappa shape index (κ2) is 40.8. The Morgan fingerprint density at radius 3 is 1.10 bits per heavy atom. The lowest BCUT2D eigenvalue weighted by atomic mass is 9.96. The van der Waals surface area contributed by atoms with E-state index in [1.54, 1.807) is 12.1 Å². The highest BCUT2D eigenvalue weighted by Crippen LogP contribution is 2.37. The van der Waals surface area contributed by atoms with Crippen LogP contribution >= 0.6 is 0 Å². The molecule has 0 radical (unpaired) electrons. The number of aromatic amines is 8. The summed E-state index contributed by atoms with van der Waals surface area (Å²) in [6, 6.07) is 54.8. The average Bonchev–Trinajstić information content (AvgIpc) is 1.67. The second-order valence-corrected chi connectivity index (χ2v) is 33.8. The van der Waals surface area contributed by atoms with Gasteiger partial charge in [-0.2, -0.15) is 40.8 Å². The van der Waals surface area contributed by atoms with Crippen LogP contribution in [0.1, 0.15) is 85.6 Å². The smallest absolute Gasteiger partial charge is 0.217 e. The normalized spacial score (nSPS) is 14.3. The standard InChI is InChI=1S/C27H35N7O.2C25H30N6O2.C18H15FN6O/c1-4-33-10-12-34(13-11-33)14-15-35-22-7-5-6-20(17-22)26-23-18-21(8-9-24(23)29-31-26)27-28-25(30-32-27)16-19(2)3;1-25(2,3)24-26-23(29-30-24)18-7-8-21-20(16-18)22(28-27-21)17-5-4-6-19(15-17)33-14-11-31-9-12-32-13-10-31;1-17(2)14-23-26-25(30-28-23)19-6-7-22-21(16-19)24(29-27-22)18-4-3-5-20(15-18)33-13-10-31-8-11-32-12-9-31;1-10(26)20-9-16-21-18(25-23-16)12-4-7-15-14(8-12)17(24-22-15)11-2-5-13(19)6-3-11/h5-9,17-19H,4,10-16H2,1-3H3,(H,29,31)(H,28,30,32);4-8,15-16H,9-14H2,1-3H3,(H,27,28)(H,26,29,30);3-7,15-17H,8-14H2,1-2H3,(H,27,29)(H,26,28,30);2-8H,9H2,1H3,(H,20,26)(H,22,24)(H,21,23,25). The van der Waals surface area contributed by atoms with Gasteiger partial charge in [0.2, 0.25) is 5.91 Å². The number of nitrogens with one attached hydrogen (secondary N) is 9. The Morgan fingerprint density at radius 1 is 0.402 bits per heavy atom. The number of fused-ring (bicyclic) bond motifs is 4. The van der Waals surface area contributed by atoms with Gasteiger partial charge in [0.05, 0.1) is 60.7 Å². The molecular formula is C95H110FN25O6. The molecule has 11 heterocycles. The van der Waals surface area contributed by atoms with Crippen LogP contribution in [-0.4, -0.2) is 252 Å². The minimum atomic E-state index is -0.290. The molecule has 0 saturated carbocycles. The summed E-state index contributed by atoms with van der Waals surface area (Å²) in [6.45, 7) is 36.5. The topological polar surface area (TPSA) is 369 Å². The quantitative estimate of drug-likeness (QED) is 0.0231. The van der Waals surface area contributed by atoms with E-state index in [1.807, 2.05) is 97.1 Å². The van der Waals surface area contributed by atoms with Crippen molar-refractivity contribution in [3.05, 3.63) is 199 Å². The van der Waals surface area contributed by atoms with Gasteiger partial charge in [0.15, 0.2) is 23.3 Å². The van der Waals surface area contributed by atoms with Gasteiger partial charge < -0.3 is 33.9 Å². The van der Waals surface area contributed by atoms with Crippen molar-refractivity contribution in [2.45, 2.75) is 87.1 Å². The SMILES string of the molecule is CC(=O)NCc1nc(-c2ccc3[nH]nc(-c4ccc(F)cc4)c3c2)n[nH]1.CC(C)(C)c1nc(-c2ccc3[nH]nc(-c4cccc(OCCN5CCOCC5)c4)c3c2)n[nH]1.CC(C)Cc1nc(-c2ccc3[nH]nc(-c4cccc(OCCN5CCOCC5)c4)c3c2)n[nH]1.CCN1CCN(CCOc2cccc(-c3n[nH]c4ccc(-c5n[nH]c(CC(C)C)n5)cc34)c2)CC1. The molecule has 9 N–H and O–H groups in total. The highest BCUT2D eigenvalue weighted by Gasteiger charge is 2.24. The van der Waals surface area contributed by atoms with Crippen molar-refractivity contribution >= 4 is 49.5 Å². The van der Waals surface area contributed by atoms with Crippen LogP contribution in [-0.2, 0) is 39.1 Å². The number of amides is 1. The molecule has 31 nitrogen and oxygen atoms in total. The van der Waals surface area contributed by atoms with E-state index in [2.05, 4.69) is 225 Å². The largest absolute Gasteiger partial charge is 0.492 e. The minimum absolute atomic E-state index is 0.0850. The predicted molar refractivity (Wildman–Crippen MR) is 490 cm³/mol. The molecule has 127 heavy (non-hydrogen) atoms. The first kappa shape index (κ1) is 87.2. The summed E-state index contributed by atoms with van der Waals surface area (Å²) in [5.41, 5.74) is 14.7. The molecule has 8 aromatic carbocycles. The third-order valence-corrected chi connectivity index (χ3v) is 22.4. The number of nitrogens with zero attached hydrogens (tertiary/aromatic N) is 16. The zero-order valence-corrected chi connectivity index (χ0v) is 73.4. The summed E-state index contributed by atoms with van der Waals surface area (Å²) in [5, 5.41) is 66.7. The van der Waals surface area contributed by atoms with E-state index in [1.165, 1.54) is 19.1 Å². The maximum atomic E-state index is 13.2. The lowest BCUT2D eigenvalue weighted by Gasteiger charge is -2.33. The molecule has 3 aliphatic rings. The number of hydrogen-bond donors (Lipinski definition) is 9. The third kappa shape index (κ3) is 22.5. The van der Waals surface area contributed by atoms with E-state index in [-0.39, 0.29) is 23.7 Å². The van der Waals surface area contributed by atoms with Gasteiger partial charge in [-0.05, 0) is 152 Å². The molecule has 8 aromatic heterocycles. The number of aromatic nitrogens is 20. The van der Waals surface area contributed by atoms with Crippen LogP contribution in [0.5, 0.6) is 17.2 Å². The fourth-order valence-electron chi connectivity index (χ4n) is 15.4. The van der Waals surface area contributed by atoms with Crippen LogP contribution < -0.4 is 19.5 Å². The van der Waals surface area contributed by atoms with E-state index in [0.29, 0.717) is 60.8 Å². The lowest BCUT2D eigenvalue weighted by Crippen LogP contribution is -2.47. The zero-order chi connectivity index (χ0) is 87.8. The monoisotopic (exact) mass is 1720 g/mol. The predicted octanol–water partition coefficient (Wildman–Crippen LogP) is 15.0. The van der Waals surface area contributed by atoms with Gasteiger partial charge >= 0.3 is 0 Å². The summed E-state index contributed by atoms with van der Waals surface area (Å²) in [6.07, 6.45) is 1.76. The molecule has 3 saturated heterocycles. The Hall–Kier alpha value is -13.2. The van der Waals surface area contributed by atoms with Gasteiger partial charge in [-0.25, -0.2) is 24.3 Å². The summed E-state index contributed by atoms with van der Waals surface area (Å²) in [7, 11) is 0. The molecule has 1 amide bonds. The first-order valence-electron chi connectivity index (χ1n) is 43.7. The van der Waals surface area contributed by atoms with Gasteiger partial charge in [-0.15, -0.1) is 0 Å². The molecule has 0 atom stereocenters. The molecule has 0 aliphatic carbocycles. The molecule has 658 valence electrons. The van der Waals surface area contributed by atoms with Gasteiger partial charge in [0.1, 0.15) is 83.3 Å². The van der Waals surface area contributed by atoms with Crippen molar-refractivity contribution in [1.82, 2.24) is 126 Å². The number of rotatable bonds is 27. The number of likely N-dealkylation sites (N-methyl/N-ethyl adjacent to an activating group) is 1. The van der Waals surface area contributed by atoms with E-state index in [4.69, 9.17) is 28.7 Å². The van der Waals surface area contributed by atoms with Crippen molar-refractivity contribution < 1.29 is 32.9 Å². The molecule has 16 aromatic rings. The van der Waals surface area contributed by atoms with Crippen LogP contribution in [0.25, 0.3) is 134 Å². The van der Waals surface area contributed by atoms with Crippen LogP contribution in [0.4, 0.5) is 4.39 Å². The molecule has 0 unspecified atom stereocenters. The Labute approximate surface area is 735 Å². The Kier molecular flexibility index (Phi) is 28.0. The molecule has 3 aliphatic heterocycles. The Bertz CT molecular complexity index is 6290. The summed E-state index contributed by atoms with van der Waals surface area (Å²) in [4.78, 5) is 39.2. The number of morpholine rings is 2. The average molecular weight is 1720 g/mol. The summed E-state index contributed by atoms with van der Waals surface area (Å²) < 4.78 is 42.2. The number of carbonyl (C=O) groups is 1.